The van der Waals surface area contributed by atoms with Gasteiger partial charge < -0.3 is 5.11 Å². The minimum absolute atomic E-state index is 0.0365. The van der Waals surface area contributed by atoms with Crippen molar-refractivity contribution in [3.8, 4) is 0 Å². The molecule has 0 saturated carbocycles. The monoisotopic (exact) mass is 632 g/mol. The van der Waals surface area contributed by atoms with Crippen molar-refractivity contribution in [3.05, 3.63) is 11.6 Å². The molecular weight excluding hydrogens is 623 g/mol. The molecule has 0 spiro atoms. The van der Waals surface area contributed by atoms with Crippen LogP contribution in [0, 0.1) is 0 Å². The van der Waals surface area contributed by atoms with Crippen LogP contribution in [0.15, 0.2) is 11.6 Å². The highest BCUT2D eigenvalue weighted by Gasteiger charge is 2.97. The number of alkyl halides is 21. The van der Waals surface area contributed by atoms with Crippen LogP contribution in [0.3, 0.4) is 0 Å². The van der Waals surface area contributed by atoms with E-state index in [1.54, 1.807) is 0 Å². The molecule has 0 atom stereocenters. The first-order valence-corrected chi connectivity index (χ1v) is 8.95. The standard InChI is InChI=1S/C16H9F21O2/c1-5(6(38)39)3-2-4-7(17,18)8(19,20)9(21,22)10(23,24)11(25,26)12(27,28)13(29,30)14(31,32)15(33,34)16(35,36)37/h3H,2,4H2,1H3,(H,38,39)/b5-3+. The lowest BCUT2D eigenvalue weighted by Crippen LogP contribution is -2.76. The minimum Gasteiger partial charge on any atom is -0.478 e. The van der Waals surface area contributed by atoms with E-state index in [1.165, 1.54) is 0 Å². The smallest absolute Gasteiger partial charge is 0.460 e. The number of carboxylic acid groups (broad SMARTS) is 1. The van der Waals surface area contributed by atoms with Crippen LogP contribution in [0.25, 0.3) is 0 Å². The first-order valence-electron chi connectivity index (χ1n) is 8.95. The first-order chi connectivity index (χ1) is 16.6. The summed E-state index contributed by atoms with van der Waals surface area (Å²) < 4.78 is 277. The Hall–Kier alpha value is -2.26. The van der Waals surface area contributed by atoms with E-state index in [-0.39, 0.29) is 6.08 Å². The average molecular weight is 632 g/mol. The number of allylic oxidation sites excluding steroid dienone is 1. The van der Waals surface area contributed by atoms with Crippen molar-refractivity contribution in [1.29, 1.82) is 0 Å². The van der Waals surface area contributed by atoms with Crippen LogP contribution in [0.1, 0.15) is 19.8 Å². The third-order valence-electron chi connectivity index (χ3n) is 4.82. The number of halogens is 21. The van der Waals surface area contributed by atoms with Gasteiger partial charge >= 0.3 is 65.4 Å². The maximum Gasteiger partial charge on any atom is 0.460 e. The quantitative estimate of drug-likeness (QED) is 0.175. The van der Waals surface area contributed by atoms with Gasteiger partial charge in [-0.05, 0) is 13.3 Å². The average Bonchev–Trinajstić information content (AvgIpc) is 2.71. The summed E-state index contributed by atoms with van der Waals surface area (Å²) in [5.41, 5.74) is -0.990. The van der Waals surface area contributed by atoms with Crippen molar-refractivity contribution in [3.63, 3.8) is 0 Å². The number of carbonyl (C=O) groups is 1. The Balaban J connectivity index is 6.87. The van der Waals surface area contributed by atoms with E-state index >= 15 is 0 Å². The summed E-state index contributed by atoms with van der Waals surface area (Å²) in [5, 5.41) is 8.39. The third kappa shape index (κ3) is 5.05. The van der Waals surface area contributed by atoms with Gasteiger partial charge in [0.2, 0.25) is 0 Å². The summed E-state index contributed by atoms with van der Waals surface area (Å²) >= 11 is 0. The van der Waals surface area contributed by atoms with E-state index in [4.69, 9.17) is 5.11 Å². The second kappa shape index (κ2) is 9.68. The van der Waals surface area contributed by atoms with Crippen LogP contribution in [0.4, 0.5) is 92.2 Å². The molecule has 1 N–H and O–H groups in total. The molecule has 0 aromatic rings. The van der Waals surface area contributed by atoms with Crippen LogP contribution in [0.2, 0.25) is 0 Å². The summed E-state index contributed by atoms with van der Waals surface area (Å²) in [7, 11) is 0. The molecule has 0 saturated heterocycles. The van der Waals surface area contributed by atoms with Gasteiger partial charge in [0.25, 0.3) is 0 Å². The normalized spacial score (nSPS) is 16.5. The molecule has 0 radical (unpaired) electrons. The second-order valence-electron chi connectivity index (χ2n) is 7.53. The van der Waals surface area contributed by atoms with E-state index in [0.717, 1.165) is 0 Å². The maximum absolute atomic E-state index is 13.7. The molecule has 0 aliphatic heterocycles. The SMILES string of the molecule is C/C(=C\CCC(F)(F)C(F)(F)C(F)(F)C(F)(F)C(F)(F)C(F)(F)C(F)(F)C(F)(F)C(F)(F)C(F)(F)F)C(=O)O. The van der Waals surface area contributed by atoms with E-state index in [2.05, 4.69) is 0 Å². The lowest BCUT2D eigenvalue weighted by molar-refractivity contribution is -0.474. The van der Waals surface area contributed by atoms with Crippen molar-refractivity contribution in [2.24, 2.45) is 0 Å². The molecule has 2 nitrogen and oxygen atoms in total. The molecule has 0 unspecified atom stereocenters. The summed E-state index contributed by atoms with van der Waals surface area (Å²) in [6, 6.07) is 0. The molecule has 0 aromatic carbocycles. The molecule has 0 heterocycles. The van der Waals surface area contributed by atoms with Crippen LogP contribution < -0.4 is 0 Å². The largest absolute Gasteiger partial charge is 0.478 e. The van der Waals surface area contributed by atoms with Crippen LogP contribution in [-0.2, 0) is 4.79 Å². The van der Waals surface area contributed by atoms with Gasteiger partial charge in [0, 0.05) is 12.0 Å². The zero-order valence-corrected chi connectivity index (χ0v) is 17.8. The summed E-state index contributed by atoms with van der Waals surface area (Å²) in [6.45, 7) is 0.558. The highest BCUT2D eigenvalue weighted by molar-refractivity contribution is 5.85. The van der Waals surface area contributed by atoms with Crippen LogP contribution in [0.5, 0.6) is 0 Å². The molecule has 0 aliphatic rings. The van der Waals surface area contributed by atoms with Gasteiger partial charge in [0.05, 0.1) is 0 Å². The van der Waals surface area contributed by atoms with Crippen molar-refractivity contribution in [1.82, 2.24) is 0 Å². The Bertz CT molecular complexity index is 942. The molecular formula is C16H9F21O2. The van der Waals surface area contributed by atoms with Crippen molar-refractivity contribution >= 4 is 5.97 Å². The number of aliphatic carboxylic acids is 1. The van der Waals surface area contributed by atoms with Gasteiger partial charge in [-0.2, -0.15) is 92.2 Å². The van der Waals surface area contributed by atoms with Gasteiger partial charge in [0.15, 0.2) is 0 Å². The Kier molecular flexibility index (Phi) is 9.12. The highest BCUT2D eigenvalue weighted by Crippen LogP contribution is 2.66. The van der Waals surface area contributed by atoms with Crippen LogP contribution >= 0.6 is 0 Å². The maximum atomic E-state index is 13.7. The fraction of sp³-hybridized carbons (Fsp3) is 0.812. The summed E-state index contributed by atoms with van der Waals surface area (Å²) in [4.78, 5) is 10.4. The molecule has 39 heavy (non-hydrogen) atoms. The van der Waals surface area contributed by atoms with E-state index in [0.29, 0.717) is 6.92 Å². The molecule has 232 valence electrons. The van der Waals surface area contributed by atoms with Gasteiger partial charge in [-0.15, -0.1) is 0 Å². The van der Waals surface area contributed by atoms with Gasteiger partial charge in [0.1, 0.15) is 0 Å². The fourth-order valence-electron chi connectivity index (χ4n) is 2.30. The third-order valence-corrected chi connectivity index (χ3v) is 4.82. The number of carboxylic acids is 1. The lowest BCUT2D eigenvalue weighted by atomic mass is 9.85. The van der Waals surface area contributed by atoms with Gasteiger partial charge in [-0.1, -0.05) is 6.08 Å². The molecule has 0 rings (SSSR count). The minimum atomic E-state index is -9.21. The molecule has 0 amide bonds. The number of hydrogen-bond acceptors (Lipinski definition) is 1. The first kappa shape index (κ1) is 36.7. The predicted molar refractivity (Wildman–Crippen MR) is 81.2 cm³/mol. The molecule has 0 fully saturated rings. The number of hydrogen-bond donors (Lipinski definition) is 1. The number of rotatable bonds is 12. The Labute approximate surface area is 200 Å². The Morgan fingerprint density at radius 3 is 1.03 bits per heavy atom. The van der Waals surface area contributed by atoms with Gasteiger partial charge in [-0.25, -0.2) is 4.79 Å². The lowest BCUT2D eigenvalue weighted by Gasteiger charge is -2.44. The van der Waals surface area contributed by atoms with Gasteiger partial charge in [-0.3, -0.25) is 0 Å². The van der Waals surface area contributed by atoms with E-state index in [1.807, 2.05) is 0 Å². The van der Waals surface area contributed by atoms with E-state index < -0.39 is 83.9 Å². The molecule has 0 bridgehead atoms. The van der Waals surface area contributed by atoms with Crippen molar-refractivity contribution < 1.29 is 102 Å². The topological polar surface area (TPSA) is 37.3 Å². The van der Waals surface area contributed by atoms with Crippen molar-refractivity contribution in [2.75, 3.05) is 0 Å². The summed E-state index contributed by atoms with van der Waals surface area (Å²) in [6.07, 6.45) is -12.6. The summed E-state index contributed by atoms with van der Waals surface area (Å²) in [5.74, 6) is -79.3. The molecule has 0 aliphatic carbocycles. The van der Waals surface area contributed by atoms with Crippen LogP contribution in [-0.4, -0.2) is 70.6 Å². The molecule has 23 heteroatoms. The fourth-order valence-corrected chi connectivity index (χ4v) is 2.30. The zero-order valence-electron chi connectivity index (χ0n) is 17.8. The predicted octanol–water partition coefficient (Wildman–Crippen LogP) is 8.08. The molecule has 0 aromatic heterocycles. The second-order valence-corrected chi connectivity index (χ2v) is 7.53. The van der Waals surface area contributed by atoms with E-state index in [9.17, 15) is 97.0 Å². The highest BCUT2D eigenvalue weighted by atomic mass is 19.4. The Morgan fingerprint density at radius 1 is 0.513 bits per heavy atom. The van der Waals surface area contributed by atoms with Crippen molar-refractivity contribution in [2.45, 2.75) is 79.2 Å². The zero-order chi connectivity index (χ0) is 32.3. The Morgan fingerprint density at radius 2 is 0.769 bits per heavy atom.